The highest BCUT2D eigenvalue weighted by molar-refractivity contribution is 6.30. The van der Waals surface area contributed by atoms with E-state index in [1.54, 1.807) is 7.05 Å². The molecule has 0 saturated heterocycles. The van der Waals surface area contributed by atoms with E-state index < -0.39 is 11.9 Å². The number of fused-ring (bicyclic) bond motifs is 1. The summed E-state index contributed by atoms with van der Waals surface area (Å²) in [7, 11) is 1.71. The molecule has 0 spiro atoms. The van der Waals surface area contributed by atoms with Gasteiger partial charge >= 0.3 is 0 Å². The highest BCUT2D eigenvalue weighted by Crippen LogP contribution is 2.23. The molecule has 0 aliphatic rings. The molecule has 0 amide bonds. The van der Waals surface area contributed by atoms with Crippen LogP contribution in [-0.2, 0) is 0 Å². The summed E-state index contributed by atoms with van der Waals surface area (Å²) < 4.78 is 14.4. The van der Waals surface area contributed by atoms with E-state index >= 15 is 0 Å². The summed E-state index contributed by atoms with van der Waals surface area (Å²) in [6.07, 6.45) is 0.431. The third-order valence-electron chi connectivity index (χ3n) is 2.26. The second-order valence-corrected chi connectivity index (χ2v) is 3.79. The molecule has 0 bridgehead atoms. The molecule has 4 nitrogen and oxygen atoms in total. The minimum Gasteiger partial charge on any atom is -0.385 e. The Bertz CT molecular complexity index is 514. The topological polar surface area (TPSA) is 49.6 Å². The van der Waals surface area contributed by atoms with Crippen molar-refractivity contribution in [3.05, 3.63) is 35.0 Å². The number of hydrogen-bond acceptors (Lipinski definition) is 3. The van der Waals surface area contributed by atoms with Gasteiger partial charge in [-0.15, -0.1) is 0 Å². The van der Waals surface area contributed by atoms with E-state index in [2.05, 4.69) is 10.3 Å². The maximum absolute atomic E-state index is 13.0. The number of hydrogen-bond donors (Lipinski definition) is 2. The molecular formula is C10H11ClFN3O. The molecule has 0 aliphatic carbocycles. The number of pyridine rings is 1. The van der Waals surface area contributed by atoms with Crippen LogP contribution in [0.5, 0.6) is 0 Å². The van der Waals surface area contributed by atoms with Gasteiger partial charge in [0.25, 0.3) is 0 Å². The molecule has 0 aliphatic heterocycles. The van der Waals surface area contributed by atoms with Gasteiger partial charge in [-0.05, 0) is 19.2 Å². The Kier molecular flexibility index (Phi) is 3.09. The van der Waals surface area contributed by atoms with Gasteiger partial charge in [0.2, 0.25) is 0 Å². The van der Waals surface area contributed by atoms with Crippen LogP contribution in [0.1, 0.15) is 11.8 Å². The summed E-state index contributed by atoms with van der Waals surface area (Å²) in [6.45, 7) is 0.339. The van der Waals surface area contributed by atoms with Crippen molar-refractivity contribution in [1.82, 2.24) is 14.7 Å². The minimum atomic E-state index is -0.805. The lowest BCUT2D eigenvalue weighted by molar-refractivity contribution is 0.174. The van der Waals surface area contributed by atoms with Crippen LogP contribution in [0, 0.1) is 5.82 Å². The molecule has 2 rings (SSSR count). The van der Waals surface area contributed by atoms with Crippen molar-refractivity contribution in [2.24, 2.45) is 0 Å². The van der Waals surface area contributed by atoms with Gasteiger partial charge in [0.1, 0.15) is 28.4 Å². The number of nitrogens with zero attached hydrogens (tertiary/aromatic N) is 2. The molecule has 1 atom stereocenters. The molecule has 2 heterocycles. The summed E-state index contributed by atoms with van der Waals surface area (Å²) in [4.78, 5) is 4.15. The van der Waals surface area contributed by atoms with Crippen molar-refractivity contribution in [2.75, 3.05) is 13.6 Å². The lowest BCUT2D eigenvalue weighted by Crippen LogP contribution is -2.17. The van der Waals surface area contributed by atoms with Crippen molar-refractivity contribution in [3.8, 4) is 0 Å². The van der Waals surface area contributed by atoms with Crippen LogP contribution >= 0.6 is 11.6 Å². The molecule has 0 aromatic carbocycles. The first kappa shape index (κ1) is 11.3. The first-order valence-electron chi connectivity index (χ1n) is 4.79. The molecular weight excluding hydrogens is 233 g/mol. The van der Waals surface area contributed by atoms with Crippen LogP contribution < -0.4 is 5.32 Å². The molecule has 0 saturated carbocycles. The molecule has 16 heavy (non-hydrogen) atoms. The second-order valence-electron chi connectivity index (χ2n) is 3.44. The number of halogens is 2. The zero-order valence-electron chi connectivity index (χ0n) is 8.61. The van der Waals surface area contributed by atoms with Gasteiger partial charge in [-0.3, -0.25) is 4.40 Å². The quantitative estimate of drug-likeness (QED) is 0.856. The van der Waals surface area contributed by atoms with Crippen LogP contribution in [0.3, 0.4) is 0 Å². The zero-order chi connectivity index (χ0) is 11.7. The van der Waals surface area contributed by atoms with E-state index in [9.17, 15) is 9.50 Å². The first-order valence-corrected chi connectivity index (χ1v) is 5.17. The Morgan fingerprint density at radius 3 is 3.06 bits per heavy atom. The maximum atomic E-state index is 13.0. The molecule has 2 aromatic rings. The standard InChI is InChI=1S/C10H11ClFN3O/c1-13-4-7(16)9-10(11)15-5-6(12)2-3-8(15)14-9/h2-3,5,7,13,16H,4H2,1H3. The Morgan fingerprint density at radius 2 is 2.38 bits per heavy atom. The third-order valence-corrected chi connectivity index (χ3v) is 2.64. The summed E-state index contributed by atoms with van der Waals surface area (Å²) in [5, 5.41) is 12.8. The van der Waals surface area contributed by atoms with E-state index in [1.807, 2.05) is 0 Å². The fourth-order valence-electron chi connectivity index (χ4n) is 1.51. The Labute approximate surface area is 96.7 Å². The smallest absolute Gasteiger partial charge is 0.139 e. The molecule has 2 N–H and O–H groups in total. The minimum absolute atomic E-state index is 0.234. The van der Waals surface area contributed by atoms with Gasteiger partial charge in [0.15, 0.2) is 0 Å². The number of likely N-dealkylation sites (N-methyl/N-ethyl adjacent to an activating group) is 1. The summed E-state index contributed by atoms with van der Waals surface area (Å²) in [6, 6.07) is 2.81. The Morgan fingerprint density at radius 1 is 1.62 bits per heavy atom. The van der Waals surface area contributed by atoms with Crippen molar-refractivity contribution in [1.29, 1.82) is 0 Å². The number of rotatable bonds is 3. The normalized spacial score (nSPS) is 13.2. The van der Waals surface area contributed by atoms with Gasteiger partial charge in [-0.2, -0.15) is 0 Å². The van der Waals surface area contributed by atoms with Crippen LogP contribution in [0.2, 0.25) is 5.15 Å². The van der Waals surface area contributed by atoms with Crippen LogP contribution in [0.25, 0.3) is 5.65 Å². The summed E-state index contributed by atoms with van der Waals surface area (Å²) in [5.41, 5.74) is 0.859. The van der Waals surface area contributed by atoms with Gasteiger partial charge in [0.05, 0.1) is 0 Å². The lowest BCUT2D eigenvalue weighted by atomic mass is 10.3. The fourth-order valence-corrected chi connectivity index (χ4v) is 1.81. The number of imidazole rings is 1. The lowest BCUT2D eigenvalue weighted by Gasteiger charge is -2.06. The van der Waals surface area contributed by atoms with Crippen LogP contribution in [0.15, 0.2) is 18.3 Å². The maximum Gasteiger partial charge on any atom is 0.139 e. The van der Waals surface area contributed by atoms with Gasteiger partial charge in [0, 0.05) is 12.7 Å². The van der Waals surface area contributed by atoms with Crippen molar-refractivity contribution in [3.63, 3.8) is 0 Å². The summed E-state index contributed by atoms with van der Waals surface area (Å²) >= 11 is 6.01. The first-order chi connectivity index (χ1) is 7.63. The zero-order valence-corrected chi connectivity index (χ0v) is 9.37. The molecule has 0 radical (unpaired) electrons. The van der Waals surface area contributed by atoms with Crippen molar-refractivity contribution < 1.29 is 9.50 Å². The number of aliphatic hydroxyl groups is 1. The van der Waals surface area contributed by atoms with Crippen LogP contribution in [-0.4, -0.2) is 28.1 Å². The van der Waals surface area contributed by atoms with E-state index in [4.69, 9.17) is 11.6 Å². The number of aliphatic hydroxyl groups excluding tert-OH is 1. The third kappa shape index (κ3) is 1.89. The molecule has 6 heteroatoms. The SMILES string of the molecule is CNCC(O)c1nc2ccc(F)cn2c1Cl. The second kappa shape index (κ2) is 4.37. The van der Waals surface area contributed by atoms with E-state index in [1.165, 1.54) is 22.7 Å². The molecule has 2 aromatic heterocycles. The van der Waals surface area contributed by atoms with E-state index in [0.717, 1.165) is 0 Å². The fraction of sp³-hybridized carbons (Fsp3) is 0.300. The summed E-state index contributed by atoms with van der Waals surface area (Å²) in [5.74, 6) is -0.401. The number of nitrogens with one attached hydrogen (secondary N) is 1. The van der Waals surface area contributed by atoms with E-state index in [-0.39, 0.29) is 5.15 Å². The predicted octanol–water partition coefficient (Wildman–Crippen LogP) is 1.38. The Hall–Kier alpha value is -1.17. The van der Waals surface area contributed by atoms with Crippen LogP contribution in [0.4, 0.5) is 4.39 Å². The van der Waals surface area contributed by atoms with Crippen molar-refractivity contribution in [2.45, 2.75) is 6.10 Å². The van der Waals surface area contributed by atoms with Crippen molar-refractivity contribution >= 4 is 17.2 Å². The van der Waals surface area contributed by atoms with Gasteiger partial charge in [-0.1, -0.05) is 11.6 Å². The average Bonchev–Trinajstić information content (AvgIpc) is 2.57. The molecule has 0 fully saturated rings. The Balaban J connectivity index is 2.51. The average molecular weight is 244 g/mol. The predicted molar refractivity (Wildman–Crippen MR) is 59.0 cm³/mol. The number of aromatic nitrogens is 2. The largest absolute Gasteiger partial charge is 0.385 e. The van der Waals surface area contributed by atoms with Gasteiger partial charge < -0.3 is 10.4 Å². The highest BCUT2D eigenvalue weighted by Gasteiger charge is 2.17. The van der Waals surface area contributed by atoms with Gasteiger partial charge in [-0.25, -0.2) is 9.37 Å². The molecule has 1 unspecified atom stereocenters. The molecule has 86 valence electrons. The monoisotopic (exact) mass is 243 g/mol. The van der Waals surface area contributed by atoms with E-state index in [0.29, 0.717) is 17.9 Å². The highest BCUT2D eigenvalue weighted by atomic mass is 35.5.